The quantitative estimate of drug-likeness (QED) is 0.712. The second-order valence-corrected chi connectivity index (χ2v) is 10.7. The molecular formula is C25H34O6. The Morgan fingerprint density at radius 3 is 2.81 bits per heavy atom. The van der Waals surface area contributed by atoms with Crippen molar-refractivity contribution in [3.8, 4) is 0 Å². The summed E-state index contributed by atoms with van der Waals surface area (Å²) in [5, 5.41) is 21.4. The van der Waals surface area contributed by atoms with Crippen LogP contribution < -0.4 is 0 Å². The minimum Gasteiger partial charge on any atom is -0.393 e. The van der Waals surface area contributed by atoms with E-state index in [0.29, 0.717) is 19.3 Å². The lowest BCUT2D eigenvalue weighted by atomic mass is 9.46. The number of carbonyl (C=O) groups excluding carboxylic acids is 2. The van der Waals surface area contributed by atoms with Gasteiger partial charge < -0.3 is 19.7 Å². The molecule has 4 aliphatic carbocycles. The summed E-state index contributed by atoms with van der Waals surface area (Å²) in [4.78, 5) is 25.2. The molecule has 6 heteroatoms. The van der Waals surface area contributed by atoms with Crippen LogP contribution in [-0.2, 0) is 19.1 Å². The number of aliphatic hydroxyl groups is 2. The molecule has 6 nitrogen and oxygen atoms in total. The summed E-state index contributed by atoms with van der Waals surface area (Å²) in [7, 11) is 0. The molecule has 0 aromatic heterocycles. The Morgan fingerprint density at radius 2 is 2.10 bits per heavy atom. The van der Waals surface area contributed by atoms with Gasteiger partial charge in [0.1, 0.15) is 6.61 Å². The van der Waals surface area contributed by atoms with Gasteiger partial charge in [-0.2, -0.15) is 0 Å². The van der Waals surface area contributed by atoms with E-state index < -0.39 is 36.1 Å². The van der Waals surface area contributed by atoms with E-state index in [-0.39, 0.29) is 34.7 Å². The van der Waals surface area contributed by atoms with Crippen molar-refractivity contribution in [2.24, 2.45) is 28.6 Å². The first-order valence-electron chi connectivity index (χ1n) is 11.8. The number of hydrogen-bond acceptors (Lipinski definition) is 6. The van der Waals surface area contributed by atoms with Gasteiger partial charge in [0.25, 0.3) is 0 Å². The van der Waals surface area contributed by atoms with Crippen molar-refractivity contribution in [2.45, 2.75) is 83.4 Å². The molecule has 3 saturated carbocycles. The van der Waals surface area contributed by atoms with Crippen molar-refractivity contribution < 1.29 is 29.3 Å². The lowest BCUT2D eigenvalue weighted by Gasteiger charge is -2.59. The number of allylic oxidation sites excluding steroid dienone is 4. The first-order chi connectivity index (χ1) is 14.7. The Hall–Kier alpha value is -1.34. The second kappa shape index (κ2) is 7.08. The number of hydrogen-bond donors (Lipinski definition) is 2. The van der Waals surface area contributed by atoms with Gasteiger partial charge in [0.15, 0.2) is 23.5 Å². The predicted molar refractivity (Wildman–Crippen MR) is 113 cm³/mol. The molecule has 0 amide bonds. The van der Waals surface area contributed by atoms with Crippen LogP contribution in [-0.4, -0.2) is 52.5 Å². The van der Waals surface area contributed by atoms with Gasteiger partial charge in [-0.15, -0.1) is 0 Å². The van der Waals surface area contributed by atoms with Crippen molar-refractivity contribution >= 4 is 11.6 Å². The Balaban J connectivity index is 1.55. The minimum absolute atomic E-state index is 0.0125. The molecule has 170 valence electrons. The highest BCUT2D eigenvalue weighted by molar-refractivity contribution is 6.01. The van der Waals surface area contributed by atoms with E-state index in [4.69, 9.17) is 9.47 Å². The van der Waals surface area contributed by atoms with E-state index in [1.165, 1.54) is 0 Å². The maximum Gasteiger partial charge on any atom is 0.193 e. The summed E-state index contributed by atoms with van der Waals surface area (Å²) in [6, 6.07) is 0. The number of ether oxygens (including phenoxy) is 2. The number of ketones is 2. The van der Waals surface area contributed by atoms with Crippen LogP contribution in [0.25, 0.3) is 0 Å². The molecule has 1 saturated heterocycles. The third kappa shape index (κ3) is 2.65. The van der Waals surface area contributed by atoms with Gasteiger partial charge >= 0.3 is 0 Å². The van der Waals surface area contributed by atoms with Crippen molar-refractivity contribution in [2.75, 3.05) is 6.61 Å². The second-order valence-electron chi connectivity index (χ2n) is 10.7. The Kier molecular flexibility index (Phi) is 4.91. The fourth-order valence-electron chi connectivity index (χ4n) is 8.12. The van der Waals surface area contributed by atoms with Crippen LogP contribution in [0.3, 0.4) is 0 Å². The van der Waals surface area contributed by atoms with E-state index in [1.54, 1.807) is 12.2 Å². The van der Waals surface area contributed by atoms with Gasteiger partial charge in [-0.3, -0.25) is 9.59 Å². The maximum atomic E-state index is 13.2. The zero-order chi connectivity index (χ0) is 22.2. The van der Waals surface area contributed by atoms with Crippen molar-refractivity contribution in [1.29, 1.82) is 0 Å². The fraction of sp³-hybridized carbons (Fsp3) is 0.760. The minimum atomic E-state index is -1.20. The molecule has 0 aromatic rings. The number of rotatable bonds is 4. The molecular weight excluding hydrogens is 396 g/mol. The van der Waals surface area contributed by atoms with E-state index in [0.717, 1.165) is 24.8 Å². The third-order valence-corrected chi connectivity index (χ3v) is 9.37. The maximum absolute atomic E-state index is 13.2. The van der Waals surface area contributed by atoms with E-state index >= 15 is 0 Å². The van der Waals surface area contributed by atoms with Gasteiger partial charge in [-0.1, -0.05) is 38.8 Å². The zero-order valence-electron chi connectivity index (χ0n) is 18.7. The highest BCUT2D eigenvalue weighted by atomic mass is 16.7. The third-order valence-electron chi connectivity index (χ3n) is 9.37. The molecule has 2 N–H and O–H groups in total. The molecule has 1 aliphatic heterocycles. The van der Waals surface area contributed by atoms with Crippen molar-refractivity contribution in [1.82, 2.24) is 0 Å². The van der Waals surface area contributed by atoms with Crippen LogP contribution in [0.2, 0.25) is 0 Å². The smallest absolute Gasteiger partial charge is 0.193 e. The summed E-state index contributed by atoms with van der Waals surface area (Å²) in [5.41, 5.74) is -1.05. The van der Waals surface area contributed by atoms with Gasteiger partial charge in [0.2, 0.25) is 0 Å². The predicted octanol–water partition coefficient (Wildman–Crippen LogP) is 2.72. The van der Waals surface area contributed by atoms with Crippen LogP contribution >= 0.6 is 0 Å². The first-order valence-corrected chi connectivity index (χ1v) is 11.8. The summed E-state index contributed by atoms with van der Waals surface area (Å²) in [6.45, 7) is 5.67. The molecule has 5 aliphatic rings. The van der Waals surface area contributed by atoms with Gasteiger partial charge in [-0.05, 0) is 56.1 Å². The molecule has 5 rings (SSSR count). The average molecular weight is 431 g/mol. The summed E-state index contributed by atoms with van der Waals surface area (Å²) >= 11 is 0. The molecule has 0 aromatic carbocycles. The lowest BCUT2D eigenvalue weighted by Crippen LogP contribution is -2.63. The molecule has 1 heterocycles. The molecule has 0 unspecified atom stereocenters. The van der Waals surface area contributed by atoms with Crippen LogP contribution in [0.4, 0.5) is 0 Å². The van der Waals surface area contributed by atoms with Crippen LogP contribution in [0.1, 0.15) is 59.3 Å². The highest BCUT2D eigenvalue weighted by Crippen LogP contribution is 2.69. The number of aliphatic hydroxyl groups excluding tert-OH is 2. The average Bonchev–Trinajstić information content (AvgIpc) is 3.20. The molecule has 9 atom stereocenters. The Labute approximate surface area is 183 Å². The summed E-state index contributed by atoms with van der Waals surface area (Å²) in [5.74, 6) is 0.0274. The monoisotopic (exact) mass is 430 g/mol. The number of Topliss-reactive ketones (excluding diaryl/α,β-unsaturated/α-hetero) is 1. The first kappa shape index (κ1) is 21.5. The molecule has 0 radical (unpaired) electrons. The number of carbonyl (C=O) groups is 2. The van der Waals surface area contributed by atoms with Crippen LogP contribution in [0, 0.1) is 28.6 Å². The van der Waals surface area contributed by atoms with E-state index in [2.05, 4.69) is 20.8 Å². The lowest BCUT2D eigenvalue weighted by molar-refractivity contribution is -0.200. The molecule has 0 spiro atoms. The van der Waals surface area contributed by atoms with E-state index in [1.807, 2.05) is 6.08 Å². The number of fused-ring (bicyclic) bond motifs is 7. The van der Waals surface area contributed by atoms with Gasteiger partial charge in [0, 0.05) is 16.7 Å². The molecule has 4 fully saturated rings. The van der Waals surface area contributed by atoms with E-state index in [9.17, 15) is 19.8 Å². The normalized spacial score (nSPS) is 50.4. The largest absolute Gasteiger partial charge is 0.393 e. The Bertz CT molecular complexity index is 862. The highest BCUT2D eigenvalue weighted by Gasteiger charge is 2.75. The van der Waals surface area contributed by atoms with Crippen molar-refractivity contribution in [3.63, 3.8) is 0 Å². The topological polar surface area (TPSA) is 93.1 Å². The van der Waals surface area contributed by atoms with Crippen LogP contribution in [0.15, 0.2) is 23.8 Å². The molecule has 0 bridgehead atoms. The SMILES string of the molecule is CCC[C@H]1O[C@@H]2C[C@@H]3[C@@H]4CCC5=CC(=O)C=C[C@]5(C)[C@@H]4[C@@H](O)C[C@]3(C)[C@]2(C(=O)CO)O1. The fourth-order valence-corrected chi connectivity index (χ4v) is 8.12. The van der Waals surface area contributed by atoms with Gasteiger partial charge in [-0.25, -0.2) is 0 Å². The van der Waals surface area contributed by atoms with Crippen molar-refractivity contribution in [3.05, 3.63) is 23.8 Å². The van der Waals surface area contributed by atoms with Gasteiger partial charge in [0.05, 0.1) is 12.2 Å². The molecule has 31 heavy (non-hydrogen) atoms. The standard InChI is InChI=1S/C25H34O6/c1-4-5-21-30-20-11-17-16-7-6-14-10-15(27)8-9-23(14,2)22(16)18(28)12-24(17,3)25(20,31-21)19(29)13-26/h8-10,16-18,20-22,26,28H,4-7,11-13H2,1-3H3/t16-,17+,18-,20+,21-,22-,23-,24-,25+/m0/s1. The van der Waals surface area contributed by atoms with Crippen LogP contribution in [0.5, 0.6) is 0 Å². The summed E-state index contributed by atoms with van der Waals surface area (Å²) < 4.78 is 12.7. The zero-order valence-corrected chi connectivity index (χ0v) is 18.7. The summed E-state index contributed by atoms with van der Waals surface area (Å²) in [6.07, 6.45) is 8.31. The Morgan fingerprint density at radius 1 is 1.32 bits per heavy atom.